The molecular weight excluding hydrogens is 656 g/mol. The summed E-state index contributed by atoms with van der Waals surface area (Å²) in [7, 11) is -3.98. The molecule has 2 atom stereocenters. The molecule has 0 aliphatic carbocycles. The van der Waals surface area contributed by atoms with Crippen molar-refractivity contribution in [2.75, 3.05) is 13.1 Å². The van der Waals surface area contributed by atoms with Crippen molar-refractivity contribution >= 4 is 44.0 Å². The van der Waals surface area contributed by atoms with Gasteiger partial charge >= 0.3 is 18.0 Å². The molecule has 4 rings (SSSR count). The molecule has 1 heterocycles. The molecule has 1 unspecified atom stereocenters. The van der Waals surface area contributed by atoms with Crippen molar-refractivity contribution in [2.45, 2.75) is 50.0 Å². The third-order valence-corrected chi connectivity index (χ3v) is 9.15. The lowest BCUT2D eigenvalue weighted by atomic mass is 9.87. The van der Waals surface area contributed by atoms with E-state index in [4.69, 9.17) is 14.2 Å². The van der Waals surface area contributed by atoms with Gasteiger partial charge < -0.3 is 24.6 Å². The van der Waals surface area contributed by atoms with Crippen LogP contribution in [0.2, 0.25) is 0 Å². The van der Waals surface area contributed by atoms with Gasteiger partial charge in [-0.15, -0.1) is 0 Å². The summed E-state index contributed by atoms with van der Waals surface area (Å²) in [5.74, 6) is -1.80. The van der Waals surface area contributed by atoms with Gasteiger partial charge in [-0.05, 0) is 41.5 Å². The van der Waals surface area contributed by atoms with Crippen LogP contribution in [0.25, 0.3) is 0 Å². The average molecular weight is 690 g/mol. The van der Waals surface area contributed by atoms with E-state index < -0.39 is 51.9 Å². The number of ether oxygens (including phenoxy) is 3. The third-order valence-electron chi connectivity index (χ3n) is 6.87. The first-order chi connectivity index (χ1) is 20.8. The van der Waals surface area contributed by atoms with Crippen LogP contribution >= 0.6 is 15.9 Å². The van der Waals surface area contributed by atoms with Crippen LogP contribution in [0, 0.1) is 5.92 Å². The first-order valence-corrected chi connectivity index (χ1v) is 16.0. The van der Waals surface area contributed by atoms with Crippen LogP contribution < -0.4 is 10.1 Å². The Hall–Kier alpha value is -3.94. The summed E-state index contributed by atoms with van der Waals surface area (Å²) < 4.78 is 45.8. The fourth-order valence-corrected chi connectivity index (χ4v) is 6.55. The second-order valence-electron chi connectivity index (χ2n) is 10.6. The zero-order valence-electron chi connectivity index (χ0n) is 24.3. The number of nitrogens with one attached hydrogen (secondary N) is 1. The van der Waals surface area contributed by atoms with Gasteiger partial charge in [-0.1, -0.05) is 78.3 Å². The maximum Gasteiger partial charge on any atom is 0.410 e. The quantitative estimate of drug-likeness (QED) is 0.204. The van der Waals surface area contributed by atoms with Crippen molar-refractivity contribution in [1.29, 1.82) is 0 Å². The van der Waals surface area contributed by atoms with Gasteiger partial charge in [0.1, 0.15) is 11.8 Å². The lowest BCUT2D eigenvalue weighted by Gasteiger charge is -2.48. The number of aliphatic carboxylic acids is 1. The molecule has 13 heteroatoms. The number of rotatable bonds is 12. The van der Waals surface area contributed by atoms with Crippen molar-refractivity contribution in [1.82, 2.24) is 9.62 Å². The lowest BCUT2D eigenvalue weighted by molar-refractivity contribution is -0.169. The highest BCUT2D eigenvalue weighted by molar-refractivity contribution is 9.10. The fourth-order valence-electron chi connectivity index (χ4n) is 4.57. The number of hydrogen-bond donors (Lipinski definition) is 2. The lowest BCUT2D eigenvalue weighted by Crippen LogP contribution is -2.64. The molecule has 0 aromatic heterocycles. The van der Waals surface area contributed by atoms with E-state index in [0.717, 1.165) is 10.0 Å². The van der Waals surface area contributed by atoms with Gasteiger partial charge in [-0.25, -0.2) is 18.0 Å². The molecule has 1 amide bonds. The third kappa shape index (κ3) is 7.96. The number of halogens is 1. The molecule has 44 heavy (non-hydrogen) atoms. The van der Waals surface area contributed by atoms with E-state index in [1.165, 1.54) is 29.4 Å². The highest BCUT2D eigenvalue weighted by Gasteiger charge is 2.52. The molecule has 234 valence electrons. The second kappa shape index (κ2) is 13.8. The maximum atomic E-state index is 13.7. The Labute approximate surface area is 264 Å². The van der Waals surface area contributed by atoms with E-state index in [1.807, 2.05) is 48.5 Å². The topological polar surface area (TPSA) is 149 Å². The monoisotopic (exact) mass is 688 g/mol. The molecule has 3 aromatic carbocycles. The van der Waals surface area contributed by atoms with Crippen LogP contribution in [0.3, 0.4) is 0 Å². The van der Waals surface area contributed by atoms with Gasteiger partial charge in [0.2, 0.25) is 16.3 Å². The fraction of sp³-hybridized carbons (Fsp3) is 0.323. The second-order valence-corrected chi connectivity index (χ2v) is 13.5. The number of alkyl carbamates (subject to hydrolysis) is 1. The number of esters is 1. The molecular formula is C31H33BrN2O9S. The Morgan fingerprint density at radius 3 is 2.27 bits per heavy atom. The number of hydrogen-bond acceptors (Lipinski definition) is 8. The summed E-state index contributed by atoms with van der Waals surface area (Å²) in [6.07, 6.45) is -2.57. The Balaban J connectivity index is 1.46. The molecule has 0 saturated carbocycles. The number of benzene rings is 3. The minimum atomic E-state index is -3.98. The summed E-state index contributed by atoms with van der Waals surface area (Å²) in [6.45, 7) is 4.67. The highest BCUT2D eigenvalue weighted by Crippen LogP contribution is 2.40. The predicted octanol–water partition coefficient (Wildman–Crippen LogP) is 4.70. The largest absolute Gasteiger partial charge is 0.480 e. The van der Waals surface area contributed by atoms with Gasteiger partial charge in [0.15, 0.2) is 5.60 Å². The highest BCUT2D eigenvalue weighted by atomic mass is 79.9. The standard InChI is InChI=1S/C31H33BrN2O9S/c1-20(2)29(37)41-21(3)42-30(38)33-27(28(35)36)16-22-9-7-14-26(15-22)44(39,40)34-18-31(19-34,23-10-5-4-6-11-23)43-25-13-8-12-24(32)17-25/h4-15,17,20-21,27H,16,18-19H2,1-3H3,(H,33,38)(H,35,36)/t21?,27-/m0/s1. The normalized spacial score (nSPS) is 15.8. The van der Waals surface area contributed by atoms with Crippen molar-refractivity contribution in [2.24, 2.45) is 5.92 Å². The van der Waals surface area contributed by atoms with E-state index in [1.54, 1.807) is 26.0 Å². The number of carboxylic acids is 1. The Bertz CT molecular complexity index is 1610. The molecule has 11 nitrogen and oxygen atoms in total. The van der Waals surface area contributed by atoms with Crippen LogP contribution in [0.1, 0.15) is 31.9 Å². The van der Waals surface area contributed by atoms with E-state index in [-0.39, 0.29) is 24.4 Å². The number of carbonyl (C=O) groups excluding carboxylic acids is 2. The number of carboxylic acid groups (broad SMARTS) is 1. The van der Waals surface area contributed by atoms with Crippen LogP contribution in [0.5, 0.6) is 5.75 Å². The van der Waals surface area contributed by atoms with Crippen LogP contribution in [-0.4, -0.2) is 61.3 Å². The van der Waals surface area contributed by atoms with Crippen molar-refractivity contribution in [3.8, 4) is 5.75 Å². The summed E-state index contributed by atoms with van der Waals surface area (Å²) >= 11 is 3.44. The summed E-state index contributed by atoms with van der Waals surface area (Å²) in [5, 5.41) is 11.9. The number of carbonyl (C=O) groups is 3. The smallest absolute Gasteiger partial charge is 0.410 e. The van der Waals surface area contributed by atoms with Crippen LogP contribution in [0.4, 0.5) is 4.79 Å². The SMILES string of the molecule is CC(OC(=O)N[C@@H](Cc1cccc(S(=O)(=O)N2CC(Oc3cccc(Br)c3)(c3ccccc3)C2)c1)C(=O)O)OC(=O)C(C)C. The number of sulfonamides is 1. The average Bonchev–Trinajstić information content (AvgIpc) is 2.94. The maximum absolute atomic E-state index is 13.7. The van der Waals surface area contributed by atoms with E-state index in [2.05, 4.69) is 21.2 Å². The molecule has 0 bridgehead atoms. The number of amides is 1. The Morgan fingerprint density at radius 2 is 1.64 bits per heavy atom. The van der Waals surface area contributed by atoms with Gasteiger partial charge in [0, 0.05) is 17.8 Å². The first-order valence-electron chi connectivity index (χ1n) is 13.8. The van der Waals surface area contributed by atoms with Gasteiger partial charge in [-0.2, -0.15) is 4.31 Å². The van der Waals surface area contributed by atoms with Crippen molar-refractivity contribution in [3.05, 3.63) is 94.5 Å². The van der Waals surface area contributed by atoms with Gasteiger partial charge in [0.05, 0.1) is 23.9 Å². The van der Waals surface area contributed by atoms with E-state index in [9.17, 15) is 27.9 Å². The zero-order valence-corrected chi connectivity index (χ0v) is 26.7. The molecule has 3 aromatic rings. The minimum Gasteiger partial charge on any atom is -0.480 e. The Kier molecular flexibility index (Phi) is 10.3. The Morgan fingerprint density at radius 1 is 0.955 bits per heavy atom. The molecule has 1 aliphatic rings. The summed E-state index contributed by atoms with van der Waals surface area (Å²) in [4.78, 5) is 35.9. The molecule has 2 N–H and O–H groups in total. The van der Waals surface area contributed by atoms with Crippen LogP contribution in [-0.2, 0) is 41.1 Å². The summed E-state index contributed by atoms with van der Waals surface area (Å²) in [5.41, 5.74) is 0.278. The molecule has 1 aliphatic heterocycles. The van der Waals surface area contributed by atoms with Gasteiger partial charge in [0.25, 0.3) is 0 Å². The minimum absolute atomic E-state index is 0.0277. The molecule has 1 fully saturated rings. The molecule has 1 saturated heterocycles. The van der Waals surface area contributed by atoms with E-state index >= 15 is 0 Å². The van der Waals surface area contributed by atoms with Gasteiger partial charge in [-0.3, -0.25) is 4.79 Å². The van der Waals surface area contributed by atoms with Crippen LogP contribution in [0.15, 0.2) is 88.2 Å². The van der Waals surface area contributed by atoms with E-state index in [0.29, 0.717) is 11.3 Å². The first kappa shape index (κ1) is 33.0. The molecule has 0 spiro atoms. The van der Waals surface area contributed by atoms with Crippen molar-refractivity contribution < 1.29 is 42.1 Å². The summed E-state index contributed by atoms with van der Waals surface area (Å²) in [6, 6.07) is 21.1. The predicted molar refractivity (Wildman–Crippen MR) is 163 cm³/mol. The van der Waals surface area contributed by atoms with Crippen molar-refractivity contribution in [3.63, 3.8) is 0 Å². The number of nitrogens with zero attached hydrogens (tertiary/aromatic N) is 1. The molecule has 0 radical (unpaired) electrons. The zero-order chi connectivity index (χ0) is 32.1.